The Hall–Kier alpha value is -0.0826. The van der Waals surface area contributed by atoms with E-state index in [1.165, 1.54) is 36.8 Å². The summed E-state index contributed by atoms with van der Waals surface area (Å²) < 4.78 is 22.5. The zero-order valence-electron chi connectivity index (χ0n) is 18.7. The molecule has 0 amide bonds. The Morgan fingerprint density at radius 3 is 1.34 bits per heavy atom. The molecular formula is C24H38O3Sn2. The van der Waals surface area contributed by atoms with Crippen LogP contribution in [0.25, 0.3) is 0 Å². The average molecular weight is 612 g/mol. The second-order valence-electron chi connectivity index (χ2n) is 8.13. The predicted octanol–water partition coefficient (Wildman–Crippen LogP) is 7.18. The van der Waals surface area contributed by atoms with E-state index in [0.29, 0.717) is 13.2 Å². The van der Waals surface area contributed by atoms with Crippen molar-refractivity contribution >= 4 is 38.4 Å². The fraction of sp³-hybridized carbons (Fsp3) is 0.500. The van der Waals surface area contributed by atoms with E-state index < -0.39 is 38.4 Å². The Labute approximate surface area is 188 Å². The van der Waals surface area contributed by atoms with E-state index in [2.05, 4.69) is 84.4 Å². The van der Waals surface area contributed by atoms with E-state index >= 15 is 0 Å². The van der Waals surface area contributed by atoms with Gasteiger partial charge in [-0.25, -0.2) is 0 Å². The van der Waals surface area contributed by atoms with Crippen LogP contribution in [-0.2, 0) is 20.8 Å². The third-order valence-corrected chi connectivity index (χ3v) is 35.7. The molecule has 2 aromatic rings. The molecule has 2 rings (SSSR count). The normalized spacial score (nSPS) is 15.6. The number of hydrogen-bond acceptors (Lipinski definition) is 3. The van der Waals surface area contributed by atoms with E-state index in [9.17, 15) is 0 Å². The van der Waals surface area contributed by atoms with Gasteiger partial charge in [0.2, 0.25) is 0 Å². The monoisotopic (exact) mass is 614 g/mol. The van der Waals surface area contributed by atoms with Crippen LogP contribution in [0.3, 0.4) is 0 Å². The first-order valence-electron chi connectivity index (χ1n) is 11.0. The zero-order chi connectivity index (χ0) is 21.0. The van der Waals surface area contributed by atoms with Gasteiger partial charge in [0.25, 0.3) is 0 Å². The van der Waals surface area contributed by atoms with E-state index in [4.69, 9.17) is 7.56 Å². The number of rotatable bonds is 14. The van der Waals surface area contributed by atoms with Crippen LogP contribution in [0.2, 0.25) is 18.8 Å². The van der Waals surface area contributed by atoms with Crippen LogP contribution in [0.4, 0.5) is 0 Å². The van der Waals surface area contributed by atoms with Gasteiger partial charge in [0.15, 0.2) is 0 Å². The molecule has 0 heterocycles. The van der Waals surface area contributed by atoms with Crippen molar-refractivity contribution in [3.05, 3.63) is 71.8 Å². The van der Waals surface area contributed by atoms with E-state index in [0.717, 1.165) is 8.87 Å². The molecule has 0 aliphatic rings. The standard InChI is InChI=1S/2C7H7O.2C4H9.2CH3.O.2Sn/c2*8-6-7-4-2-1-3-5-7;2*1-3-4-2;;;;;/h2*1-5H,6H2;2*1,3-4H2,2H3;2*1H3;;;/q2*-1;;;;;;2*+1. The molecule has 0 aliphatic carbocycles. The van der Waals surface area contributed by atoms with Gasteiger partial charge in [-0.3, -0.25) is 0 Å². The molecule has 0 aromatic heterocycles. The van der Waals surface area contributed by atoms with E-state index in [1.807, 2.05) is 0 Å². The molecule has 0 saturated carbocycles. The maximum absolute atomic E-state index is 7.05. The van der Waals surface area contributed by atoms with Gasteiger partial charge in [0.1, 0.15) is 0 Å². The van der Waals surface area contributed by atoms with Crippen molar-refractivity contribution in [3.63, 3.8) is 0 Å². The summed E-state index contributed by atoms with van der Waals surface area (Å²) in [5.41, 5.74) is 2.46. The summed E-state index contributed by atoms with van der Waals surface area (Å²) >= 11 is -6.37. The minimum absolute atomic E-state index is 0.658. The molecule has 0 radical (unpaired) electrons. The predicted molar refractivity (Wildman–Crippen MR) is 126 cm³/mol. The second-order valence-corrected chi connectivity index (χ2v) is 30.1. The van der Waals surface area contributed by atoms with Crippen LogP contribution in [0.1, 0.15) is 50.7 Å². The molecule has 0 spiro atoms. The van der Waals surface area contributed by atoms with Crippen LogP contribution in [0.5, 0.6) is 0 Å². The van der Waals surface area contributed by atoms with Crippen molar-refractivity contribution in [1.29, 1.82) is 0 Å². The summed E-state index contributed by atoms with van der Waals surface area (Å²) in [6.07, 6.45) is 4.71. The van der Waals surface area contributed by atoms with E-state index in [1.54, 1.807) is 0 Å². The fourth-order valence-corrected chi connectivity index (χ4v) is 39.8. The summed E-state index contributed by atoms with van der Waals surface area (Å²) in [7, 11) is 0. The molecular weight excluding hydrogens is 574 g/mol. The third-order valence-electron chi connectivity index (χ3n) is 5.17. The zero-order valence-corrected chi connectivity index (χ0v) is 24.4. The molecule has 2 unspecified atom stereocenters. The Morgan fingerprint density at radius 2 is 1.00 bits per heavy atom. The quantitative estimate of drug-likeness (QED) is 0.212. The van der Waals surface area contributed by atoms with Gasteiger partial charge >= 0.3 is 189 Å². The Morgan fingerprint density at radius 1 is 0.621 bits per heavy atom. The van der Waals surface area contributed by atoms with Crippen molar-refractivity contribution in [1.82, 2.24) is 0 Å². The molecule has 0 fully saturated rings. The molecule has 29 heavy (non-hydrogen) atoms. The molecule has 160 valence electrons. The molecule has 5 heteroatoms. The number of unbranched alkanes of at least 4 members (excludes halogenated alkanes) is 2. The third kappa shape index (κ3) is 9.72. The summed E-state index contributed by atoms with van der Waals surface area (Å²) in [6.45, 7) is 5.81. The Bertz CT molecular complexity index is 624. The van der Waals surface area contributed by atoms with E-state index in [-0.39, 0.29) is 0 Å². The minimum atomic E-state index is -3.19. The van der Waals surface area contributed by atoms with Gasteiger partial charge in [0, 0.05) is 0 Å². The van der Waals surface area contributed by atoms with Gasteiger partial charge in [-0.2, -0.15) is 0 Å². The maximum atomic E-state index is 7.05. The van der Waals surface area contributed by atoms with Gasteiger partial charge in [0.05, 0.1) is 0 Å². The van der Waals surface area contributed by atoms with Gasteiger partial charge in [-0.05, 0) is 0 Å². The summed E-state index contributed by atoms with van der Waals surface area (Å²) in [5.74, 6) is 0. The van der Waals surface area contributed by atoms with Crippen LogP contribution in [-0.4, -0.2) is 38.4 Å². The summed E-state index contributed by atoms with van der Waals surface area (Å²) in [5, 5.41) is 0. The molecule has 2 aromatic carbocycles. The summed E-state index contributed by atoms with van der Waals surface area (Å²) in [6, 6.07) is 20.9. The van der Waals surface area contributed by atoms with Gasteiger partial charge in [-0.1, -0.05) is 0 Å². The molecule has 3 nitrogen and oxygen atoms in total. The number of hydrogen-bond donors (Lipinski definition) is 0. The first-order chi connectivity index (χ1) is 14.0. The van der Waals surface area contributed by atoms with Crippen molar-refractivity contribution < 1.29 is 7.56 Å². The van der Waals surface area contributed by atoms with Crippen molar-refractivity contribution in [2.45, 2.75) is 71.5 Å². The van der Waals surface area contributed by atoms with Crippen LogP contribution < -0.4 is 0 Å². The fourth-order valence-electron chi connectivity index (χ4n) is 3.38. The molecule has 0 saturated heterocycles. The van der Waals surface area contributed by atoms with Crippen LogP contribution in [0, 0.1) is 0 Å². The van der Waals surface area contributed by atoms with Crippen molar-refractivity contribution in [2.75, 3.05) is 0 Å². The first kappa shape index (κ1) is 25.2. The van der Waals surface area contributed by atoms with Crippen LogP contribution >= 0.6 is 0 Å². The Balaban J connectivity index is 2.09. The number of benzene rings is 2. The van der Waals surface area contributed by atoms with Gasteiger partial charge < -0.3 is 0 Å². The molecule has 0 N–H and O–H groups in total. The SMILES string of the molecule is CCC[CH2][Sn]([CH3])([O]Cc1ccccc1)[O][Sn]([CH3])([CH2]CCC)[O]Cc1ccccc1. The van der Waals surface area contributed by atoms with Gasteiger partial charge in [-0.15, -0.1) is 0 Å². The molecule has 0 aliphatic heterocycles. The first-order valence-corrected chi connectivity index (χ1v) is 25.4. The molecule has 2 atom stereocenters. The second kappa shape index (κ2) is 13.4. The summed E-state index contributed by atoms with van der Waals surface area (Å²) in [4.78, 5) is 4.64. The van der Waals surface area contributed by atoms with Crippen LogP contribution in [0.15, 0.2) is 60.7 Å². The topological polar surface area (TPSA) is 27.7 Å². The Kier molecular flexibility index (Phi) is 11.6. The average Bonchev–Trinajstić information content (AvgIpc) is 2.75. The van der Waals surface area contributed by atoms with Crippen molar-refractivity contribution in [3.8, 4) is 0 Å². The van der Waals surface area contributed by atoms with Crippen molar-refractivity contribution in [2.24, 2.45) is 0 Å². The molecule has 0 bridgehead atoms.